The van der Waals surface area contributed by atoms with Crippen molar-refractivity contribution < 1.29 is 9.53 Å². The standard InChI is InChI=1S/C12H17NO2S/c1-7-9(5-8(13)6-10(7)16)11(14)15-12(2,3)4/h5-6,16H,13H2,1-4H3. The number of benzene rings is 1. The fourth-order valence-corrected chi connectivity index (χ4v) is 1.54. The van der Waals surface area contributed by atoms with Crippen LogP contribution in [0.15, 0.2) is 17.0 Å². The molecule has 0 bridgehead atoms. The van der Waals surface area contributed by atoms with Gasteiger partial charge in [-0.2, -0.15) is 0 Å². The zero-order valence-corrected chi connectivity index (χ0v) is 10.9. The zero-order valence-electron chi connectivity index (χ0n) is 10.00. The lowest BCUT2D eigenvalue weighted by Crippen LogP contribution is -2.24. The molecule has 0 saturated carbocycles. The Hall–Kier alpha value is -1.16. The second-order valence-corrected chi connectivity index (χ2v) is 5.20. The first-order valence-corrected chi connectivity index (χ1v) is 5.48. The van der Waals surface area contributed by atoms with Gasteiger partial charge in [0, 0.05) is 10.6 Å². The lowest BCUT2D eigenvalue weighted by molar-refractivity contribution is 0.00685. The van der Waals surface area contributed by atoms with Gasteiger partial charge in [0.2, 0.25) is 0 Å². The topological polar surface area (TPSA) is 52.3 Å². The minimum Gasteiger partial charge on any atom is -0.456 e. The lowest BCUT2D eigenvalue weighted by atomic mass is 10.1. The van der Waals surface area contributed by atoms with Crippen LogP contribution in [0.3, 0.4) is 0 Å². The van der Waals surface area contributed by atoms with Crippen LogP contribution >= 0.6 is 12.6 Å². The number of hydrogen-bond donors (Lipinski definition) is 2. The molecule has 0 unspecified atom stereocenters. The maximum atomic E-state index is 11.9. The van der Waals surface area contributed by atoms with Crippen LogP contribution in [-0.2, 0) is 4.74 Å². The van der Waals surface area contributed by atoms with Gasteiger partial charge in [-0.1, -0.05) is 0 Å². The first-order chi connectivity index (χ1) is 7.20. The predicted octanol–water partition coefficient (Wildman–Crippen LogP) is 2.82. The first kappa shape index (κ1) is 12.9. The Morgan fingerprint density at radius 3 is 2.44 bits per heavy atom. The molecule has 0 spiro atoms. The number of ether oxygens (including phenoxy) is 1. The number of carbonyl (C=O) groups excluding carboxylic acids is 1. The molecule has 0 heterocycles. The van der Waals surface area contributed by atoms with E-state index >= 15 is 0 Å². The zero-order chi connectivity index (χ0) is 12.5. The number of esters is 1. The van der Waals surface area contributed by atoms with E-state index in [1.165, 1.54) is 0 Å². The molecule has 2 N–H and O–H groups in total. The van der Waals surface area contributed by atoms with Crippen molar-refractivity contribution in [3.63, 3.8) is 0 Å². The highest BCUT2D eigenvalue weighted by Gasteiger charge is 2.20. The minimum atomic E-state index is -0.509. The molecule has 3 nitrogen and oxygen atoms in total. The van der Waals surface area contributed by atoms with E-state index in [0.29, 0.717) is 16.1 Å². The van der Waals surface area contributed by atoms with Gasteiger partial charge in [0.15, 0.2) is 0 Å². The Balaban J connectivity index is 3.09. The van der Waals surface area contributed by atoms with Gasteiger partial charge in [0.05, 0.1) is 5.56 Å². The van der Waals surface area contributed by atoms with Crippen LogP contribution in [0.25, 0.3) is 0 Å². The second kappa shape index (κ2) is 4.37. The third kappa shape index (κ3) is 3.17. The third-order valence-electron chi connectivity index (χ3n) is 2.02. The van der Waals surface area contributed by atoms with E-state index in [2.05, 4.69) is 12.6 Å². The molecule has 0 saturated heterocycles. The molecule has 0 radical (unpaired) electrons. The fraction of sp³-hybridized carbons (Fsp3) is 0.417. The molecule has 1 rings (SSSR count). The summed E-state index contributed by atoms with van der Waals surface area (Å²) >= 11 is 4.26. The molecular formula is C12H17NO2S. The van der Waals surface area contributed by atoms with Crippen LogP contribution in [0.1, 0.15) is 36.7 Å². The quantitative estimate of drug-likeness (QED) is 0.450. The van der Waals surface area contributed by atoms with E-state index in [0.717, 1.165) is 5.56 Å². The molecule has 1 aromatic carbocycles. The van der Waals surface area contributed by atoms with Gasteiger partial charge in [0.1, 0.15) is 5.60 Å². The summed E-state index contributed by atoms with van der Waals surface area (Å²) in [5.41, 5.74) is 6.93. The van der Waals surface area contributed by atoms with Crippen LogP contribution < -0.4 is 5.73 Å². The average Bonchev–Trinajstić information content (AvgIpc) is 2.08. The van der Waals surface area contributed by atoms with Crippen molar-refractivity contribution in [1.29, 1.82) is 0 Å². The summed E-state index contributed by atoms with van der Waals surface area (Å²) in [5.74, 6) is -0.368. The molecule has 0 atom stereocenters. The highest BCUT2D eigenvalue weighted by molar-refractivity contribution is 7.80. The summed E-state index contributed by atoms with van der Waals surface area (Å²) in [6, 6.07) is 3.33. The second-order valence-electron chi connectivity index (χ2n) is 4.71. The van der Waals surface area contributed by atoms with Gasteiger partial charge >= 0.3 is 5.97 Å². The van der Waals surface area contributed by atoms with Crippen molar-refractivity contribution in [1.82, 2.24) is 0 Å². The molecule has 0 aromatic heterocycles. The van der Waals surface area contributed by atoms with E-state index in [4.69, 9.17) is 10.5 Å². The summed E-state index contributed by atoms with van der Waals surface area (Å²) < 4.78 is 5.29. The number of hydrogen-bond acceptors (Lipinski definition) is 4. The summed E-state index contributed by atoms with van der Waals surface area (Å²) in [6.45, 7) is 7.30. The van der Waals surface area contributed by atoms with Crippen molar-refractivity contribution in [2.75, 3.05) is 5.73 Å². The Labute approximate surface area is 101 Å². The van der Waals surface area contributed by atoms with Gasteiger partial charge < -0.3 is 10.5 Å². The van der Waals surface area contributed by atoms with Crippen LogP contribution in [0.2, 0.25) is 0 Å². The molecule has 1 aromatic rings. The largest absolute Gasteiger partial charge is 0.456 e. The van der Waals surface area contributed by atoms with Gasteiger partial charge in [-0.3, -0.25) is 0 Å². The maximum absolute atomic E-state index is 11.9. The van der Waals surface area contributed by atoms with Crippen molar-refractivity contribution in [3.05, 3.63) is 23.3 Å². The van der Waals surface area contributed by atoms with Crippen molar-refractivity contribution in [3.8, 4) is 0 Å². The number of anilines is 1. The number of nitrogen functional groups attached to an aromatic ring is 1. The lowest BCUT2D eigenvalue weighted by Gasteiger charge is -2.20. The monoisotopic (exact) mass is 239 g/mol. The van der Waals surface area contributed by atoms with Crippen molar-refractivity contribution in [2.45, 2.75) is 38.2 Å². The number of nitrogens with two attached hydrogens (primary N) is 1. The highest BCUT2D eigenvalue weighted by atomic mass is 32.1. The van der Waals surface area contributed by atoms with Crippen molar-refractivity contribution in [2.24, 2.45) is 0 Å². The van der Waals surface area contributed by atoms with Gasteiger partial charge in [-0.25, -0.2) is 4.79 Å². The highest BCUT2D eigenvalue weighted by Crippen LogP contribution is 2.23. The van der Waals surface area contributed by atoms with E-state index in [9.17, 15) is 4.79 Å². The number of rotatable bonds is 1. The summed E-state index contributed by atoms with van der Waals surface area (Å²) in [7, 11) is 0. The smallest absolute Gasteiger partial charge is 0.339 e. The normalized spacial score (nSPS) is 11.3. The third-order valence-corrected chi connectivity index (χ3v) is 2.49. The molecule has 0 fully saturated rings. The van der Waals surface area contributed by atoms with Gasteiger partial charge in [0.25, 0.3) is 0 Å². The van der Waals surface area contributed by atoms with Gasteiger partial charge in [-0.05, 0) is 45.4 Å². The Kier molecular flexibility index (Phi) is 3.53. The first-order valence-electron chi connectivity index (χ1n) is 5.03. The van der Waals surface area contributed by atoms with Gasteiger partial charge in [-0.15, -0.1) is 12.6 Å². The Morgan fingerprint density at radius 1 is 1.38 bits per heavy atom. The summed E-state index contributed by atoms with van der Waals surface area (Å²) in [5, 5.41) is 0. The van der Waals surface area contributed by atoms with Crippen LogP contribution in [0, 0.1) is 6.92 Å². The average molecular weight is 239 g/mol. The molecule has 4 heteroatoms. The molecule has 88 valence electrons. The number of carbonyl (C=O) groups is 1. The molecule has 16 heavy (non-hydrogen) atoms. The summed E-state index contributed by atoms with van der Waals surface area (Å²) in [6.07, 6.45) is 0. The predicted molar refractivity (Wildman–Crippen MR) is 68.0 cm³/mol. The number of thiol groups is 1. The Bertz CT molecular complexity index is 422. The summed E-state index contributed by atoms with van der Waals surface area (Å²) in [4.78, 5) is 12.6. The SMILES string of the molecule is Cc1c(S)cc(N)cc1C(=O)OC(C)(C)C. The van der Waals surface area contributed by atoms with E-state index < -0.39 is 5.60 Å². The minimum absolute atomic E-state index is 0.368. The maximum Gasteiger partial charge on any atom is 0.339 e. The molecule has 0 amide bonds. The molecule has 0 aliphatic carbocycles. The molecule has 0 aliphatic rings. The Morgan fingerprint density at radius 2 is 1.94 bits per heavy atom. The van der Waals surface area contributed by atoms with Crippen LogP contribution in [0.4, 0.5) is 5.69 Å². The van der Waals surface area contributed by atoms with Crippen LogP contribution in [-0.4, -0.2) is 11.6 Å². The van der Waals surface area contributed by atoms with E-state index in [1.54, 1.807) is 12.1 Å². The molecule has 0 aliphatic heterocycles. The van der Waals surface area contributed by atoms with E-state index in [-0.39, 0.29) is 5.97 Å². The fourth-order valence-electron chi connectivity index (χ4n) is 1.27. The molecular weight excluding hydrogens is 222 g/mol. The van der Waals surface area contributed by atoms with E-state index in [1.807, 2.05) is 27.7 Å². The van der Waals surface area contributed by atoms with Crippen LogP contribution in [0.5, 0.6) is 0 Å². The van der Waals surface area contributed by atoms with Crippen molar-refractivity contribution >= 4 is 24.3 Å².